The molecule has 1 heterocycles. The number of carbonyl (C=O) groups excluding carboxylic acids is 1. The van der Waals surface area contributed by atoms with Crippen LogP contribution in [0.1, 0.15) is 21.8 Å². The summed E-state index contributed by atoms with van der Waals surface area (Å²) in [6, 6.07) is 4.45. The smallest absolute Gasteiger partial charge is 0.328 e. The number of carboxylic acids is 1. The highest BCUT2D eigenvalue weighted by molar-refractivity contribution is 6.32. The minimum atomic E-state index is -1.08. The van der Waals surface area contributed by atoms with E-state index in [1.807, 2.05) is 0 Å². The molecular weight excluding hydrogens is 298 g/mol. The predicted molar refractivity (Wildman–Crippen MR) is 75.1 cm³/mol. The number of aryl methyl sites for hydroxylation is 1. The quantitative estimate of drug-likeness (QED) is 0.840. The standard InChI is InChI=1S/C13H10ClN3O4/c1-7-16-17-13(21-7)15-12(20)9-3-2-8(10(14)6-9)4-5-11(18)19/h2-6H,1H3,(H,18,19)(H,15,17,20)/b5-4+. The van der Waals surface area contributed by atoms with Crippen molar-refractivity contribution in [2.24, 2.45) is 0 Å². The summed E-state index contributed by atoms with van der Waals surface area (Å²) >= 11 is 5.99. The average Bonchev–Trinajstić information content (AvgIpc) is 2.82. The Morgan fingerprint density at radius 3 is 2.71 bits per heavy atom. The zero-order chi connectivity index (χ0) is 15.4. The summed E-state index contributed by atoms with van der Waals surface area (Å²) in [5.74, 6) is -1.22. The number of nitrogens with one attached hydrogen (secondary N) is 1. The van der Waals surface area contributed by atoms with Gasteiger partial charge in [0.25, 0.3) is 5.91 Å². The molecule has 2 N–H and O–H groups in total. The maximum absolute atomic E-state index is 11.9. The molecule has 0 aliphatic rings. The Labute approximate surface area is 124 Å². The molecule has 7 nitrogen and oxygen atoms in total. The van der Waals surface area contributed by atoms with E-state index in [9.17, 15) is 9.59 Å². The second kappa shape index (κ2) is 6.19. The van der Waals surface area contributed by atoms with Gasteiger partial charge >= 0.3 is 12.0 Å². The maximum Gasteiger partial charge on any atom is 0.328 e. The first-order valence-electron chi connectivity index (χ1n) is 5.78. The number of anilines is 1. The Bertz CT molecular complexity index is 724. The zero-order valence-corrected chi connectivity index (χ0v) is 11.6. The van der Waals surface area contributed by atoms with Crippen LogP contribution in [0.5, 0.6) is 0 Å². The number of halogens is 1. The van der Waals surface area contributed by atoms with Crippen LogP contribution in [-0.4, -0.2) is 27.2 Å². The van der Waals surface area contributed by atoms with E-state index in [0.29, 0.717) is 11.5 Å². The molecule has 1 amide bonds. The lowest BCUT2D eigenvalue weighted by Crippen LogP contribution is -2.12. The fraction of sp³-hybridized carbons (Fsp3) is 0.0769. The van der Waals surface area contributed by atoms with Gasteiger partial charge in [0, 0.05) is 23.6 Å². The van der Waals surface area contributed by atoms with E-state index in [4.69, 9.17) is 21.1 Å². The van der Waals surface area contributed by atoms with Crippen molar-refractivity contribution in [3.63, 3.8) is 0 Å². The molecule has 0 aliphatic heterocycles. The van der Waals surface area contributed by atoms with Crippen LogP contribution >= 0.6 is 11.6 Å². The third kappa shape index (κ3) is 3.90. The second-order valence-electron chi connectivity index (χ2n) is 3.99. The molecule has 0 bridgehead atoms. The van der Waals surface area contributed by atoms with Gasteiger partial charge in [0.05, 0.1) is 0 Å². The van der Waals surface area contributed by atoms with Crippen molar-refractivity contribution in [3.8, 4) is 0 Å². The molecule has 0 fully saturated rings. The molecule has 2 aromatic rings. The Morgan fingerprint density at radius 2 is 2.14 bits per heavy atom. The number of aromatic nitrogens is 2. The van der Waals surface area contributed by atoms with Gasteiger partial charge in [0.1, 0.15) is 0 Å². The van der Waals surface area contributed by atoms with Crippen molar-refractivity contribution in [2.45, 2.75) is 6.92 Å². The first-order valence-corrected chi connectivity index (χ1v) is 6.15. The van der Waals surface area contributed by atoms with Crippen molar-refractivity contribution in [1.82, 2.24) is 10.2 Å². The monoisotopic (exact) mass is 307 g/mol. The lowest BCUT2D eigenvalue weighted by molar-refractivity contribution is -0.131. The lowest BCUT2D eigenvalue weighted by Gasteiger charge is -2.03. The molecule has 1 aromatic heterocycles. The van der Waals surface area contributed by atoms with E-state index in [2.05, 4.69) is 15.5 Å². The number of hydrogen-bond donors (Lipinski definition) is 2. The summed E-state index contributed by atoms with van der Waals surface area (Å²) in [6.45, 7) is 1.60. The molecule has 0 saturated carbocycles. The summed E-state index contributed by atoms with van der Waals surface area (Å²) in [6.07, 6.45) is 2.30. The number of carboxylic acid groups (broad SMARTS) is 1. The van der Waals surface area contributed by atoms with E-state index < -0.39 is 11.9 Å². The highest BCUT2D eigenvalue weighted by Crippen LogP contribution is 2.20. The van der Waals surface area contributed by atoms with Crippen LogP contribution in [0.25, 0.3) is 6.08 Å². The topological polar surface area (TPSA) is 105 Å². The summed E-state index contributed by atoms with van der Waals surface area (Å²) in [7, 11) is 0. The number of hydrogen-bond acceptors (Lipinski definition) is 5. The van der Waals surface area contributed by atoms with E-state index in [1.165, 1.54) is 24.3 Å². The number of nitrogens with zero attached hydrogens (tertiary/aromatic N) is 2. The van der Waals surface area contributed by atoms with Gasteiger partial charge in [0.2, 0.25) is 5.89 Å². The van der Waals surface area contributed by atoms with Crippen LogP contribution in [0, 0.1) is 6.92 Å². The Balaban J connectivity index is 2.15. The van der Waals surface area contributed by atoms with E-state index >= 15 is 0 Å². The van der Waals surface area contributed by atoms with Gasteiger partial charge in [0.15, 0.2) is 0 Å². The van der Waals surface area contributed by atoms with Crippen molar-refractivity contribution < 1.29 is 19.1 Å². The Kier molecular flexibility index (Phi) is 4.34. The molecule has 1 aromatic carbocycles. The van der Waals surface area contributed by atoms with Crippen molar-refractivity contribution in [3.05, 3.63) is 46.3 Å². The first-order chi connectivity index (χ1) is 9.95. The highest BCUT2D eigenvalue weighted by Gasteiger charge is 2.11. The number of carbonyl (C=O) groups is 2. The first kappa shape index (κ1) is 14.7. The fourth-order valence-corrected chi connectivity index (χ4v) is 1.72. The average molecular weight is 308 g/mol. The largest absolute Gasteiger partial charge is 0.478 e. The highest BCUT2D eigenvalue weighted by atomic mass is 35.5. The normalized spacial score (nSPS) is 10.8. The van der Waals surface area contributed by atoms with Gasteiger partial charge in [-0.15, -0.1) is 5.10 Å². The van der Waals surface area contributed by atoms with Gasteiger partial charge in [-0.3, -0.25) is 10.1 Å². The van der Waals surface area contributed by atoms with Crippen LogP contribution in [0.3, 0.4) is 0 Å². The third-order valence-corrected chi connectivity index (χ3v) is 2.74. The zero-order valence-electron chi connectivity index (χ0n) is 10.8. The molecule has 108 valence electrons. The summed E-state index contributed by atoms with van der Waals surface area (Å²) in [5.41, 5.74) is 0.771. The van der Waals surface area contributed by atoms with Gasteiger partial charge in [-0.05, 0) is 23.8 Å². The van der Waals surface area contributed by atoms with Gasteiger partial charge in [-0.25, -0.2) is 4.79 Å². The number of rotatable bonds is 4. The summed E-state index contributed by atoms with van der Waals surface area (Å²) in [5, 5.41) is 18.5. The van der Waals surface area contributed by atoms with Gasteiger partial charge < -0.3 is 9.52 Å². The van der Waals surface area contributed by atoms with Gasteiger partial charge in [-0.1, -0.05) is 22.8 Å². The van der Waals surface area contributed by atoms with Crippen LogP contribution in [-0.2, 0) is 4.79 Å². The molecular formula is C13H10ClN3O4. The van der Waals surface area contributed by atoms with Crippen LogP contribution in [0.2, 0.25) is 5.02 Å². The number of amides is 1. The Morgan fingerprint density at radius 1 is 1.38 bits per heavy atom. The van der Waals surface area contributed by atoms with Crippen molar-refractivity contribution >= 4 is 35.6 Å². The molecule has 0 radical (unpaired) electrons. The molecule has 0 saturated heterocycles. The summed E-state index contributed by atoms with van der Waals surface area (Å²) < 4.78 is 5.03. The Hall–Kier alpha value is -2.67. The molecule has 0 unspecified atom stereocenters. The molecule has 21 heavy (non-hydrogen) atoms. The van der Waals surface area contributed by atoms with Gasteiger partial charge in [-0.2, -0.15) is 0 Å². The van der Waals surface area contributed by atoms with Crippen molar-refractivity contribution in [2.75, 3.05) is 5.32 Å². The SMILES string of the molecule is Cc1nnc(NC(=O)c2ccc(/C=C/C(=O)O)c(Cl)c2)o1. The maximum atomic E-state index is 11.9. The minimum Gasteiger partial charge on any atom is -0.478 e. The minimum absolute atomic E-state index is 0.0107. The molecule has 8 heteroatoms. The van der Waals surface area contributed by atoms with Crippen LogP contribution < -0.4 is 5.32 Å². The van der Waals surface area contributed by atoms with E-state index in [1.54, 1.807) is 6.92 Å². The predicted octanol–water partition coefficient (Wildman–Crippen LogP) is 2.38. The molecule has 0 spiro atoms. The van der Waals surface area contributed by atoms with Crippen LogP contribution in [0.4, 0.5) is 6.01 Å². The van der Waals surface area contributed by atoms with E-state index in [0.717, 1.165) is 6.08 Å². The number of aliphatic carboxylic acids is 1. The van der Waals surface area contributed by atoms with Crippen LogP contribution in [0.15, 0.2) is 28.7 Å². The van der Waals surface area contributed by atoms with Crippen molar-refractivity contribution in [1.29, 1.82) is 0 Å². The van der Waals surface area contributed by atoms with E-state index in [-0.39, 0.29) is 16.6 Å². The molecule has 0 aliphatic carbocycles. The lowest BCUT2D eigenvalue weighted by atomic mass is 10.1. The second-order valence-corrected chi connectivity index (χ2v) is 4.40. The molecule has 0 atom stereocenters. The molecule has 2 rings (SSSR count). The summed E-state index contributed by atoms with van der Waals surface area (Å²) in [4.78, 5) is 22.4. The number of benzene rings is 1. The third-order valence-electron chi connectivity index (χ3n) is 2.41. The fourth-order valence-electron chi connectivity index (χ4n) is 1.48.